The zero-order valence-corrected chi connectivity index (χ0v) is 15.0. The third kappa shape index (κ3) is 2.59. The monoisotopic (exact) mass is 319 g/mol. The minimum absolute atomic E-state index is 0.0988. The Bertz CT molecular complexity index is 715. The number of rotatable bonds is 4. The molecule has 0 aromatic heterocycles. The number of hydrogen-bond acceptors (Lipinski definition) is 1. The van der Waals surface area contributed by atoms with E-state index in [0.717, 1.165) is 5.92 Å². The molecule has 2 aromatic rings. The second kappa shape index (κ2) is 6.37. The molecule has 2 aromatic carbocycles. The molecule has 0 bridgehead atoms. The van der Waals surface area contributed by atoms with Gasteiger partial charge in [-0.2, -0.15) is 0 Å². The lowest BCUT2D eigenvalue weighted by molar-refractivity contribution is 0.281. The molecule has 2 aliphatic carbocycles. The molecular weight excluding hydrogens is 290 g/mol. The summed E-state index contributed by atoms with van der Waals surface area (Å²) < 4.78 is 0. The first-order valence-electron chi connectivity index (χ1n) is 9.59. The van der Waals surface area contributed by atoms with Crippen LogP contribution in [-0.4, -0.2) is 7.05 Å². The summed E-state index contributed by atoms with van der Waals surface area (Å²) in [7, 11) is 2.10. The molecule has 0 unspecified atom stereocenters. The topological polar surface area (TPSA) is 12.0 Å². The first-order chi connectivity index (χ1) is 11.7. The fraction of sp³-hybridized carbons (Fsp3) is 0.478. The van der Waals surface area contributed by atoms with E-state index in [1.165, 1.54) is 55.2 Å². The third-order valence-electron chi connectivity index (χ3n) is 6.61. The van der Waals surface area contributed by atoms with Crippen LogP contribution in [0, 0.1) is 5.92 Å². The quantitative estimate of drug-likeness (QED) is 0.796. The highest BCUT2D eigenvalue weighted by Crippen LogP contribution is 2.44. The number of fused-ring (bicyclic) bond motifs is 2. The van der Waals surface area contributed by atoms with E-state index in [0.29, 0.717) is 5.92 Å². The van der Waals surface area contributed by atoms with Gasteiger partial charge in [0.25, 0.3) is 0 Å². The van der Waals surface area contributed by atoms with Crippen molar-refractivity contribution in [2.24, 2.45) is 5.92 Å². The Hall–Kier alpha value is -1.60. The lowest BCUT2D eigenvalue weighted by Gasteiger charge is -2.33. The molecule has 0 radical (unpaired) electrons. The van der Waals surface area contributed by atoms with Gasteiger partial charge in [0.15, 0.2) is 0 Å². The van der Waals surface area contributed by atoms with E-state index in [4.69, 9.17) is 0 Å². The van der Waals surface area contributed by atoms with Crippen LogP contribution in [0.3, 0.4) is 0 Å². The largest absolute Gasteiger partial charge is 0.307 e. The van der Waals surface area contributed by atoms with Crippen molar-refractivity contribution >= 4 is 0 Å². The maximum Gasteiger partial charge on any atom is 0.0664 e. The van der Waals surface area contributed by atoms with Crippen LogP contribution in [0.15, 0.2) is 48.5 Å². The summed E-state index contributed by atoms with van der Waals surface area (Å²) in [6, 6.07) is 18.2. The van der Waals surface area contributed by atoms with Gasteiger partial charge in [0.2, 0.25) is 0 Å². The maximum atomic E-state index is 3.64. The van der Waals surface area contributed by atoms with E-state index in [9.17, 15) is 0 Å². The zero-order chi connectivity index (χ0) is 16.6. The van der Waals surface area contributed by atoms with Crippen LogP contribution < -0.4 is 5.32 Å². The summed E-state index contributed by atoms with van der Waals surface area (Å²) in [5.74, 6) is 1.64. The molecule has 24 heavy (non-hydrogen) atoms. The highest BCUT2D eigenvalue weighted by Gasteiger charge is 2.36. The first-order valence-corrected chi connectivity index (χ1v) is 9.59. The van der Waals surface area contributed by atoms with Crippen LogP contribution in [-0.2, 0) is 12.0 Å². The van der Waals surface area contributed by atoms with Crippen molar-refractivity contribution in [2.45, 2.75) is 56.9 Å². The highest BCUT2D eigenvalue weighted by atomic mass is 14.9. The van der Waals surface area contributed by atoms with Gasteiger partial charge in [-0.3, -0.25) is 0 Å². The van der Waals surface area contributed by atoms with Crippen molar-refractivity contribution in [2.75, 3.05) is 7.05 Å². The minimum atomic E-state index is -0.0988. The van der Waals surface area contributed by atoms with Crippen LogP contribution in [0.4, 0.5) is 0 Å². The van der Waals surface area contributed by atoms with Gasteiger partial charge in [-0.25, -0.2) is 0 Å². The van der Waals surface area contributed by atoms with Crippen molar-refractivity contribution in [1.29, 1.82) is 0 Å². The van der Waals surface area contributed by atoms with E-state index in [1.807, 2.05) is 0 Å². The van der Waals surface area contributed by atoms with Crippen molar-refractivity contribution in [3.05, 3.63) is 70.8 Å². The summed E-state index contributed by atoms with van der Waals surface area (Å²) in [4.78, 5) is 0. The summed E-state index contributed by atoms with van der Waals surface area (Å²) in [5.41, 5.74) is 5.90. The van der Waals surface area contributed by atoms with E-state index < -0.39 is 0 Å². The molecule has 126 valence electrons. The molecule has 0 amide bonds. The fourth-order valence-corrected chi connectivity index (χ4v) is 4.76. The van der Waals surface area contributed by atoms with E-state index in [2.05, 4.69) is 67.8 Å². The maximum absolute atomic E-state index is 3.64. The van der Waals surface area contributed by atoms with Gasteiger partial charge >= 0.3 is 0 Å². The Morgan fingerprint density at radius 1 is 0.958 bits per heavy atom. The SMILES string of the molecule is CN[C@]1(C)c2ccccc2C[C@H](CCC2CCC2)c2ccccc21. The van der Waals surface area contributed by atoms with Crippen LogP contribution in [0.2, 0.25) is 0 Å². The van der Waals surface area contributed by atoms with E-state index >= 15 is 0 Å². The Morgan fingerprint density at radius 2 is 1.67 bits per heavy atom. The average Bonchev–Trinajstić information content (AvgIpc) is 2.69. The molecule has 0 heterocycles. The molecule has 2 atom stereocenters. The summed E-state index contributed by atoms with van der Waals surface area (Å²) in [5, 5.41) is 3.64. The normalized spacial score (nSPS) is 26.2. The van der Waals surface area contributed by atoms with Crippen LogP contribution >= 0.6 is 0 Å². The Labute approximate surface area is 146 Å². The molecule has 4 rings (SSSR count). The van der Waals surface area contributed by atoms with Gasteiger partial charge < -0.3 is 5.32 Å². The van der Waals surface area contributed by atoms with Crippen LogP contribution in [0.5, 0.6) is 0 Å². The zero-order valence-electron chi connectivity index (χ0n) is 15.0. The lowest BCUT2D eigenvalue weighted by atomic mass is 9.77. The smallest absolute Gasteiger partial charge is 0.0664 e. The average molecular weight is 319 g/mol. The second-order valence-corrected chi connectivity index (χ2v) is 7.89. The molecule has 1 heteroatoms. The van der Waals surface area contributed by atoms with Gasteiger partial charge in [0, 0.05) is 0 Å². The molecule has 1 fully saturated rings. The minimum Gasteiger partial charge on any atom is -0.307 e. The van der Waals surface area contributed by atoms with Gasteiger partial charge in [-0.15, -0.1) is 0 Å². The second-order valence-electron chi connectivity index (χ2n) is 7.89. The molecule has 0 aliphatic heterocycles. The predicted octanol–water partition coefficient (Wildman–Crippen LogP) is 5.39. The molecule has 1 saturated carbocycles. The summed E-state index contributed by atoms with van der Waals surface area (Å²) in [6.45, 7) is 2.35. The number of benzene rings is 2. The highest BCUT2D eigenvalue weighted by molar-refractivity contribution is 5.50. The molecule has 0 spiro atoms. The van der Waals surface area contributed by atoms with Crippen molar-refractivity contribution < 1.29 is 0 Å². The van der Waals surface area contributed by atoms with Crippen LogP contribution in [0.1, 0.15) is 67.2 Å². The molecule has 2 aliphatic rings. The van der Waals surface area contributed by atoms with Crippen molar-refractivity contribution in [3.8, 4) is 0 Å². The van der Waals surface area contributed by atoms with Gasteiger partial charge in [0.05, 0.1) is 5.54 Å². The Kier molecular flexibility index (Phi) is 4.22. The lowest BCUT2D eigenvalue weighted by Crippen LogP contribution is -2.38. The molecule has 0 saturated heterocycles. The molecule has 1 N–H and O–H groups in total. The number of hydrogen-bond donors (Lipinski definition) is 1. The van der Waals surface area contributed by atoms with E-state index in [1.54, 1.807) is 5.56 Å². The van der Waals surface area contributed by atoms with Crippen molar-refractivity contribution in [3.63, 3.8) is 0 Å². The first kappa shape index (κ1) is 15.9. The molecular formula is C23H29N. The van der Waals surface area contributed by atoms with Gasteiger partial charge in [0.1, 0.15) is 0 Å². The van der Waals surface area contributed by atoms with Gasteiger partial charge in [-0.1, -0.05) is 67.8 Å². The Morgan fingerprint density at radius 3 is 2.38 bits per heavy atom. The summed E-state index contributed by atoms with van der Waals surface area (Å²) >= 11 is 0. The standard InChI is InChI=1S/C23H29N/c1-23(24-2)21-12-5-3-10-19(21)16-18(15-14-17-8-7-9-17)20-11-4-6-13-22(20)23/h3-6,10-13,17-18,24H,7-9,14-16H2,1-2H3/t18-,23+/m0/s1. The predicted molar refractivity (Wildman–Crippen MR) is 101 cm³/mol. The van der Waals surface area contributed by atoms with Gasteiger partial charge in [-0.05, 0) is 67.3 Å². The molecule has 1 nitrogen and oxygen atoms in total. The summed E-state index contributed by atoms with van der Waals surface area (Å²) in [6.07, 6.45) is 8.27. The van der Waals surface area contributed by atoms with E-state index in [-0.39, 0.29) is 5.54 Å². The van der Waals surface area contributed by atoms with Crippen molar-refractivity contribution in [1.82, 2.24) is 5.32 Å². The Balaban J connectivity index is 1.78. The number of nitrogens with one attached hydrogen (secondary N) is 1. The third-order valence-corrected chi connectivity index (χ3v) is 6.61. The fourth-order valence-electron chi connectivity index (χ4n) is 4.76. The van der Waals surface area contributed by atoms with Crippen LogP contribution in [0.25, 0.3) is 0 Å².